The van der Waals surface area contributed by atoms with E-state index in [1.54, 1.807) is 0 Å². The number of hydrogen-bond acceptors (Lipinski definition) is 3. The molecule has 1 aliphatic heterocycles. The van der Waals surface area contributed by atoms with E-state index in [2.05, 4.69) is 5.32 Å². The van der Waals surface area contributed by atoms with Crippen molar-refractivity contribution in [1.82, 2.24) is 5.32 Å². The van der Waals surface area contributed by atoms with E-state index in [0.29, 0.717) is 6.54 Å². The molecular formula is C13H19NO4. The molecule has 2 atom stereocenters. The van der Waals surface area contributed by atoms with E-state index in [9.17, 15) is 14.7 Å². The molecule has 1 saturated heterocycles. The van der Waals surface area contributed by atoms with Crippen LogP contribution < -0.4 is 5.32 Å². The summed E-state index contributed by atoms with van der Waals surface area (Å²) in [6.45, 7) is 1.38. The monoisotopic (exact) mass is 253 g/mol. The lowest BCUT2D eigenvalue weighted by molar-refractivity contribution is -0.136. The molecule has 18 heavy (non-hydrogen) atoms. The van der Waals surface area contributed by atoms with Gasteiger partial charge in [0.1, 0.15) is 0 Å². The average molecular weight is 253 g/mol. The number of carboxylic acids is 2. The second-order valence-electron chi connectivity index (χ2n) is 5.28. The summed E-state index contributed by atoms with van der Waals surface area (Å²) in [5.41, 5.74) is -0.410. The largest absolute Gasteiger partial charge is 0.478 e. The van der Waals surface area contributed by atoms with Gasteiger partial charge in [-0.05, 0) is 25.3 Å². The van der Waals surface area contributed by atoms with Crippen LogP contribution in [0.25, 0.3) is 0 Å². The maximum atomic E-state index is 11.4. The van der Waals surface area contributed by atoms with Gasteiger partial charge in [-0.3, -0.25) is 0 Å². The first-order valence-electron chi connectivity index (χ1n) is 6.45. The standard InChI is InChI=1S/C13H19NO4/c15-11(16)6-10(12(17)18)13-5-3-1-2-4-9(13)7-14-8-13/h6,9,14H,1-5,7-8H2,(H,15,16)(H,17,18)/t9?,13-/m1/s1. The van der Waals surface area contributed by atoms with Crippen LogP contribution in [0.4, 0.5) is 0 Å². The lowest BCUT2D eigenvalue weighted by Crippen LogP contribution is -2.35. The van der Waals surface area contributed by atoms with E-state index in [0.717, 1.165) is 44.7 Å². The molecule has 0 radical (unpaired) electrons. The highest BCUT2D eigenvalue weighted by molar-refractivity contribution is 5.96. The smallest absolute Gasteiger partial charge is 0.332 e. The van der Waals surface area contributed by atoms with Crippen LogP contribution in [0.1, 0.15) is 32.1 Å². The molecule has 0 bridgehead atoms. The van der Waals surface area contributed by atoms with Gasteiger partial charge in [0.15, 0.2) is 0 Å². The van der Waals surface area contributed by atoms with Gasteiger partial charge >= 0.3 is 11.9 Å². The molecule has 2 aliphatic rings. The first-order valence-corrected chi connectivity index (χ1v) is 6.45. The van der Waals surface area contributed by atoms with Gasteiger partial charge in [0.2, 0.25) is 0 Å². The zero-order valence-electron chi connectivity index (χ0n) is 10.3. The average Bonchev–Trinajstić information content (AvgIpc) is 2.59. The lowest BCUT2D eigenvalue weighted by atomic mass is 9.69. The van der Waals surface area contributed by atoms with Gasteiger partial charge in [-0.1, -0.05) is 19.3 Å². The Morgan fingerprint density at radius 1 is 1.22 bits per heavy atom. The van der Waals surface area contributed by atoms with Gasteiger partial charge in [-0.15, -0.1) is 0 Å². The molecular weight excluding hydrogens is 234 g/mol. The summed E-state index contributed by atoms with van der Waals surface area (Å²) in [5, 5.41) is 21.5. The normalized spacial score (nSPS) is 32.7. The minimum absolute atomic E-state index is 0.0758. The number of nitrogens with one attached hydrogen (secondary N) is 1. The van der Waals surface area contributed by atoms with Crippen molar-refractivity contribution >= 4 is 11.9 Å². The molecule has 2 fully saturated rings. The van der Waals surface area contributed by atoms with Crippen LogP contribution in [-0.2, 0) is 9.59 Å². The summed E-state index contributed by atoms with van der Waals surface area (Å²) < 4.78 is 0. The van der Waals surface area contributed by atoms with E-state index in [1.807, 2.05) is 0 Å². The highest BCUT2D eigenvalue weighted by Crippen LogP contribution is 2.47. The molecule has 0 aromatic heterocycles. The van der Waals surface area contributed by atoms with Gasteiger partial charge in [0.25, 0.3) is 0 Å². The van der Waals surface area contributed by atoms with Crippen molar-refractivity contribution in [2.45, 2.75) is 32.1 Å². The Morgan fingerprint density at radius 2 is 2.00 bits per heavy atom. The summed E-state index contributed by atoms with van der Waals surface area (Å²) >= 11 is 0. The van der Waals surface area contributed by atoms with Gasteiger partial charge in [-0.2, -0.15) is 0 Å². The number of aliphatic carboxylic acids is 2. The lowest BCUT2D eigenvalue weighted by Gasteiger charge is -2.33. The number of carboxylic acid groups (broad SMARTS) is 2. The third-order valence-corrected chi connectivity index (χ3v) is 4.32. The highest BCUT2D eigenvalue weighted by atomic mass is 16.4. The van der Waals surface area contributed by atoms with E-state index in [1.165, 1.54) is 0 Å². The first kappa shape index (κ1) is 13.1. The van der Waals surface area contributed by atoms with Gasteiger partial charge in [0.05, 0.1) is 5.57 Å². The minimum atomic E-state index is -1.17. The molecule has 0 aromatic rings. The topological polar surface area (TPSA) is 86.6 Å². The van der Waals surface area contributed by atoms with E-state index in [-0.39, 0.29) is 11.5 Å². The van der Waals surface area contributed by atoms with Crippen LogP contribution in [0.2, 0.25) is 0 Å². The van der Waals surface area contributed by atoms with Crippen LogP contribution in [0.15, 0.2) is 11.6 Å². The summed E-state index contributed by atoms with van der Waals surface area (Å²) in [5.74, 6) is -2.01. The summed E-state index contributed by atoms with van der Waals surface area (Å²) in [6, 6.07) is 0. The molecule has 5 nitrogen and oxygen atoms in total. The Kier molecular flexibility index (Phi) is 3.71. The van der Waals surface area contributed by atoms with Crippen molar-refractivity contribution in [3.05, 3.63) is 11.6 Å². The van der Waals surface area contributed by atoms with E-state index in [4.69, 9.17) is 5.11 Å². The maximum Gasteiger partial charge on any atom is 0.332 e. The molecule has 1 saturated carbocycles. The third kappa shape index (κ3) is 2.27. The fourth-order valence-electron chi connectivity index (χ4n) is 3.48. The Morgan fingerprint density at radius 3 is 2.67 bits per heavy atom. The summed E-state index contributed by atoms with van der Waals surface area (Å²) in [4.78, 5) is 22.3. The molecule has 0 aromatic carbocycles. The molecule has 0 spiro atoms. The quantitative estimate of drug-likeness (QED) is 0.659. The Balaban J connectivity index is 2.41. The molecule has 100 valence electrons. The first-order chi connectivity index (χ1) is 8.56. The third-order valence-electron chi connectivity index (χ3n) is 4.32. The van der Waals surface area contributed by atoms with Crippen molar-refractivity contribution in [1.29, 1.82) is 0 Å². The Hall–Kier alpha value is -1.36. The van der Waals surface area contributed by atoms with E-state index >= 15 is 0 Å². The fourth-order valence-corrected chi connectivity index (χ4v) is 3.48. The summed E-state index contributed by atoms with van der Waals surface area (Å²) in [7, 11) is 0. The van der Waals surface area contributed by atoms with Crippen molar-refractivity contribution in [3.63, 3.8) is 0 Å². The molecule has 1 unspecified atom stereocenters. The SMILES string of the molecule is O=C(O)C=C(C(=O)O)[C@@]12CCCCCC1CNC2. The number of rotatable bonds is 3. The minimum Gasteiger partial charge on any atom is -0.478 e. The zero-order valence-corrected chi connectivity index (χ0v) is 10.3. The van der Waals surface area contributed by atoms with Crippen molar-refractivity contribution in [2.75, 3.05) is 13.1 Å². The predicted octanol–water partition coefficient (Wildman–Crippen LogP) is 1.25. The van der Waals surface area contributed by atoms with Crippen LogP contribution in [0.5, 0.6) is 0 Å². The molecule has 1 aliphatic carbocycles. The van der Waals surface area contributed by atoms with Crippen LogP contribution in [-0.4, -0.2) is 35.2 Å². The van der Waals surface area contributed by atoms with E-state index < -0.39 is 17.4 Å². The molecule has 3 N–H and O–H groups in total. The Labute approximate surface area is 106 Å². The zero-order chi connectivity index (χ0) is 13.2. The van der Waals surface area contributed by atoms with Gasteiger partial charge in [-0.25, -0.2) is 9.59 Å². The second kappa shape index (κ2) is 5.10. The molecule has 1 heterocycles. The second-order valence-corrected chi connectivity index (χ2v) is 5.28. The number of fused-ring (bicyclic) bond motifs is 1. The predicted molar refractivity (Wildman–Crippen MR) is 65.2 cm³/mol. The number of hydrogen-bond donors (Lipinski definition) is 3. The van der Waals surface area contributed by atoms with Crippen LogP contribution in [0.3, 0.4) is 0 Å². The Bertz CT molecular complexity index is 390. The molecule has 2 rings (SSSR count). The molecule has 0 amide bonds. The number of carbonyl (C=O) groups is 2. The van der Waals surface area contributed by atoms with Crippen LogP contribution >= 0.6 is 0 Å². The molecule has 5 heteroatoms. The van der Waals surface area contributed by atoms with Gasteiger partial charge in [0, 0.05) is 18.0 Å². The van der Waals surface area contributed by atoms with Crippen LogP contribution in [0, 0.1) is 11.3 Å². The summed E-state index contributed by atoms with van der Waals surface area (Å²) in [6.07, 6.45) is 5.84. The van der Waals surface area contributed by atoms with Crippen molar-refractivity contribution < 1.29 is 19.8 Å². The van der Waals surface area contributed by atoms with Crippen molar-refractivity contribution in [2.24, 2.45) is 11.3 Å². The highest BCUT2D eigenvalue weighted by Gasteiger charge is 2.48. The maximum absolute atomic E-state index is 11.4. The van der Waals surface area contributed by atoms with Crippen molar-refractivity contribution in [3.8, 4) is 0 Å². The fraction of sp³-hybridized carbons (Fsp3) is 0.692. The van der Waals surface area contributed by atoms with Gasteiger partial charge < -0.3 is 15.5 Å².